The number of fused-ring (bicyclic) bond motifs is 1. The fourth-order valence-electron chi connectivity index (χ4n) is 6.79. The van der Waals surface area contributed by atoms with Gasteiger partial charge in [0.2, 0.25) is 0 Å². The molecule has 0 N–H and O–H groups in total. The lowest BCUT2D eigenvalue weighted by Gasteiger charge is -2.30. The average molecular weight is 611 g/mol. The number of hydrogen-bond acceptors (Lipinski definition) is 6. The molecule has 0 spiro atoms. The van der Waals surface area contributed by atoms with E-state index in [0.29, 0.717) is 5.56 Å². The number of carbonyl (C=O) groups excluding carboxylic acids is 1. The maximum Gasteiger partial charge on any atom is 0.339 e. The third-order valence-electron chi connectivity index (χ3n) is 8.78. The summed E-state index contributed by atoms with van der Waals surface area (Å²) in [5.41, 5.74) is 14.0. The Bertz CT molecular complexity index is 1940. The van der Waals surface area contributed by atoms with Gasteiger partial charge in [0, 0.05) is 124 Å². The monoisotopic (exact) mass is 610 g/mol. The van der Waals surface area contributed by atoms with Crippen LogP contribution < -0.4 is 19.6 Å². The molecule has 46 heavy (non-hydrogen) atoms. The Morgan fingerprint density at radius 2 is 0.696 bits per heavy atom. The van der Waals surface area contributed by atoms with E-state index < -0.39 is 0 Å². The topological polar surface area (TPSA) is 39.3 Å². The van der Waals surface area contributed by atoms with Gasteiger partial charge in [0.25, 0.3) is 0 Å². The van der Waals surface area contributed by atoms with Crippen molar-refractivity contribution in [2.24, 2.45) is 0 Å². The lowest BCUT2D eigenvalue weighted by Crippen LogP contribution is -2.15. The first-order valence-electron chi connectivity index (χ1n) is 15.6. The molecule has 1 aliphatic heterocycles. The Morgan fingerprint density at radius 1 is 0.413 bits per heavy atom. The van der Waals surface area contributed by atoms with E-state index in [-0.39, 0.29) is 12.6 Å². The third-order valence-corrected chi connectivity index (χ3v) is 8.78. The van der Waals surface area contributed by atoms with E-state index in [1.807, 2.05) is 0 Å². The van der Waals surface area contributed by atoms with E-state index in [1.54, 1.807) is 0 Å². The normalized spacial score (nSPS) is 12.0. The van der Waals surface area contributed by atoms with Gasteiger partial charge in [-0.15, -0.1) is 0 Å². The van der Waals surface area contributed by atoms with Crippen molar-refractivity contribution in [3.63, 3.8) is 0 Å². The van der Waals surface area contributed by atoms with Gasteiger partial charge >= 0.3 is 5.97 Å². The second-order valence-corrected chi connectivity index (χ2v) is 12.6. The highest BCUT2D eigenvalue weighted by Gasteiger charge is 2.37. The second kappa shape index (κ2) is 12.3. The molecule has 6 nitrogen and oxygen atoms in total. The SMILES string of the molecule is CN(C)c1ccccc1-c1c2c(c(-c3ccccc3N(C)C)c(-c3ccccc3N(C)C)c1-c1ccccc1N(C)C)C(=O)OC2. The first-order chi connectivity index (χ1) is 22.1. The number of ether oxygens (including phenoxy) is 1. The molecule has 0 aromatic heterocycles. The summed E-state index contributed by atoms with van der Waals surface area (Å²) in [6.07, 6.45) is 0. The minimum absolute atomic E-state index is 0.204. The van der Waals surface area contributed by atoms with Crippen molar-refractivity contribution < 1.29 is 9.53 Å². The molecule has 234 valence electrons. The standard InChI is InChI=1S/C40H42N4O2/c1-41(2)31-21-13-9-17-26(31)35-30-25-46-40(45)39(30)38(29-20-12-16-24-34(29)44(7)8)37(28-19-11-15-23-33(28)43(5)6)36(35)27-18-10-14-22-32(27)42(3)4/h9-24H,25H2,1-8H3. The summed E-state index contributed by atoms with van der Waals surface area (Å²) in [7, 11) is 16.6. The molecule has 0 aliphatic carbocycles. The van der Waals surface area contributed by atoms with Crippen LogP contribution in [0.3, 0.4) is 0 Å². The molecule has 0 atom stereocenters. The number of carbonyl (C=O) groups is 1. The minimum atomic E-state index is -0.293. The Morgan fingerprint density at radius 3 is 1.04 bits per heavy atom. The quantitative estimate of drug-likeness (QED) is 0.165. The maximum absolute atomic E-state index is 14.1. The summed E-state index contributed by atoms with van der Waals surface area (Å²) in [6, 6.07) is 33.9. The molecule has 5 aromatic rings. The summed E-state index contributed by atoms with van der Waals surface area (Å²) >= 11 is 0. The van der Waals surface area contributed by atoms with Gasteiger partial charge in [-0.1, -0.05) is 72.8 Å². The first kappa shape index (κ1) is 30.8. The van der Waals surface area contributed by atoms with E-state index in [0.717, 1.165) is 72.8 Å². The Labute approximate surface area is 273 Å². The van der Waals surface area contributed by atoms with Crippen LogP contribution in [0, 0.1) is 0 Å². The van der Waals surface area contributed by atoms with Crippen LogP contribution in [0.25, 0.3) is 44.5 Å². The third kappa shape index (κ3) is 5.14. The molecule has 0 radical (unpaired) electrons. The number of nitrogens with zero attached hydrogens (tertiary/aromatic N) is 4. The van der Waals surface area contributed by atoms with E-state index in [1.165, 1.54) is 0 Å². The van der Waals surface area contributed by atoms with Crippen molar-refractivity contribution in [2.75, 3.05) is 76.0 Å². The van der Waals surface area contributed by atoms with E-state index in [4.69, 9.17) is 4.74 Å². The van der Waals surface area contributed by atoms with Crippen molar-refractivity contribution in [1.29, 1.82) is 0 Å². The number of para-hydroxylation sites is 4. The zero-order chi connectivity index (χ0) is 32.7. The molecule has 0 unspecified atom stereocenters. The van der Waals surface area contributed by atoms with Crippen molar-refractivity contribution in [3.05, 3.63) is 108 Å². The van der Waals surface area contributed by atoms with Gasteiger partial charge in [-0.05, 0) is 29.8 Å². The largest absolute Gasteiger partial charge is 0.457 e. The highest BCUT2D eigenvalue weighted by Crippen LogP contribution is 2.56. The fourth-order valence-corrected chi connectivity index (χ4v) is 6.79. The second-order valence-electron chi connectivity index (χ2n) is 12.6. The molecular formula is C40H42N4O2. The molecular weight excluding hydrogens is 568 g/mol. The molecule has 0 bridgehead atoms. The van der Waals surface area contributed by atoms with Crippen molar-refractivity contribution >= 4 is 28.7 Å². The predicted molar refractivity (Wildman–Crippen MR) is 195 cm³/mol. The Hall–Kier alpha value is -5.23. The van der Waals surface area contributed by atoms with Gasteiger partial charge in [-0.2, -0.15) is 0 Å². The summed E-state index contributed by atoms with van der Waals surface area (Å²) in [4.78, 5) is 22.7. The highest BCUT2D eigenvalue weighted by molar-refractivity contribution is 6.17. The molecule has 1 aliphatic rings. The van der Waals surface area contributed by atoms with E-state index in [2.05, 4.69) is 173 Å². The van der Waals surface area contributed by atoms with Crippen LogP contribution in [0.2, 0.25) is 0 Å². The number of esters is 1. The number of rotatable bonds is 8. The lowest BCUT2D eigenvalue weighted by atomic mass is 9.76. The predicted octanol–water partition coefficient (Wildman–Crippen LogP) is 8.29. The molecule has 0 amide bonds. The summed E-state index contributed by atoms with van der Waals surface area (Å²) in [5, 5.41) is 0. The van der Waals surface area contributed by atoms with Crippen LogP contribution in [0.1, 0.15) is 15.9 Å². The maximum atomic E-state index is 14.1. The van der Waals surface area contributed by atoms with Gasteiger partial charge in [0.05, 0.1) is 5.56 Å². The fraction of sp³-hybridized carbons (Fsp3) is 0.225. The van der Waals surface area contributed by atoms with Crippen molar-refractivity contribution in [1.82, 2.24) is 0 Å². The zero-order valence-corrected chi connectivity index (χ0v) is 28.1. The van der Waals surface area contributed by atoms with Crippen molar-refractivity contribution in [2.45, 2.75) is 6.61 Å². The molecule has 6 rings (SSSR count). The van der Waals surface area contributed by atoms with Gasteiger partial charge in [-0.25, -0.2) is 4.79 Å². The smallest absolute Gasteiger partial charge is 0.339 e. The Kier molecular flexibility index (Phi) is 8.22. The molecule has 5 aromatic carbocycles. The molecule has 0 saturated carbocycles. The number of anilines is 4. The van der Waals surface area contributed by atoms with Gasteiger partial charge in [0.1, 0.15) is 6.61 Å². The van der Waals surface area contributed by atoms with Crippen LogP contribution in [0.15, 0.2) is 97.1 Å². The lowest BCUT2D eigenvalue weighted by molar-refractivity contribution is 0.0536. The van der Waals surface area contributed by atoms with E-state index in [9.17, 15) is 4.79 Å². The summed E-state index contributed by atoms with van der Waals surface area (Å²) in [6.45, 7) is 0.204. The Balaban J connectivity index is 1.97. The van der Waals surface area contributed by atoms with Gasteiger partial charge in [-0.3, -0.25) is 0 Å². The van der Waals surface area contributed by atoms with Crippen LogP contribution >= 0.6 is 0 Å². The zero-order valence-electron chi connectivity index (χ0n) is 28.1. The average Bonchev–Trinajstić information content (AvgIpc) is 3.44. The molecule has 6 heteroatoms. The first-order valence-corrected chi connectivity index (χ1v) is 15.6. The van der Waals surface area contributed by atoms with Gasteiger partial charge in [0.15, 0.2) is 0 Å². The van der Waals surface area contributed by atoms with Crippen molar-refractivity contribution in [3.8, 4) is 44.5 Å². The van der Waals surface area contributed by atoms with Crippen LogP contribution in [-0.2, 0) is 11.3 Å². The number of hydrogen-bond donors (Lipinski definition) is 0. The van der Waals surface area contributed by atoms with Crippen LogP contribution in [0.4, 0.5) is 22.7 Å². The van der Waals surface area contributed by atoms with Crippen LogP contribution in [0.5, 0.6) is 0 Å². The van der Waals surface area contributed by atoms with Crippen LogP contribution in [-0.4, -0.2) is 62.4 Å². The molecule has 0 saturated heterocycles. The van der Waals surface area contributed by atoms with Gasteiger partial charge < -0.3 is 24.3 Å². The summed E-state index contributed by atoms with van der Waals surface area (Å²) in [5.74, 6) is -0.293. The molecule has 0 fully saturated rings. The molecule has 1 heterocycles. The highest BCUT2D eigenvalue weighted by atomic mass is 16.5. The minimum Gasteiger partial charge on any atom is -0.457 e. The number of benzene rings is 5. The number of cyclic esters (lactones) is 1. The van der Waals surface area contributed by atoms with E-state index >= 15 is 0 Å². The summed E-state index contributed by atoms with van der Waals surface area (Å²) < 4.78 is 6.00.